The fraction of sp³-hybridized carbons (Fsp3) is 0.667. The third-order valence-electron chi connectivity index (χ3n) is 6.16. The lowest BCUT2D eigenvalue weighted by atomic mass is 9.78. The van der Waals surface area contributed by atoms with Gasteiger partial charge in [0, 0.05) is 49.5 Å². The second-order valence-corrected chi connectivity index (χ2v) is 9.53. The van der Waals surface area contributed by atoms with Crippen LogP contribution in [0.2, 0.25) is 0 Å². The average Bonchev–Trinajstić information content (AvgIpc) is 3.22. The van der Waals surface area contributed by atoms with Gasteiger partial charge in [0.25, 0.3) is 0 Å². The SMILES string of the molecule is CCN1CCc2[nH]cnc2C12CCN(C(=O)CC1C=CS(=O)(=O)C1)CC2. The summed E-state index contributed by atoms with van der Waals surface area (Å²) < 4.78 is 23.1. The fourth-order valence-corrected chi connectivity index (χ4v) is 6.18. The number of hydrogen-bond acceptors (Lipinski definition) is 5. The summed E-state index contributed by atoms with van der Waals surface area (Å²) in [7, 11) is -3.10. The Kier molecular flexibility index (Phi) is 4.43. The van der Waals surface area contributed by atoms with Crippen molar-refractivity contribution >= 4 is 15.7 Å². The van der Waals surface area contributed by atoms with Crippen LogP contribution in [-0.2, 0) is 26.6 Å². The maximum atomic E-state index is 12.6. The highest BCUT2D eigenvalue weighted by Gasteiger charge is 2.46. The number of nitrogens with zero attached hydrogens (tertiary/aromatic N) is 3. The van der Waals surface area contributed by atoms with E-state index in [1.807, 2.05) is 4.90 Å². The number of fused-ring (bicyclic) bond motifs is 2. The van der Waals surface area contributed by atoms with Gasteiger partial charge >= 0.3 is 0 Å². The van der Waals surface area contributed by atoms with Crippen molar-refractivity contribution in [3.05, 3.63) is 29.2 Å². The second-order valence-electron chi connectivity index (χ2n) is 7.59. The molecule has 3 aliphatic heterocycles. The minimum atomic E-state index is -3.10. The van der Waals surface area contributed by atoms with Crippen molar-refractivity contribution in [2.45, 2.75) is 38.1 Å². The fourth-order valence-electron chi connectivity index (χ4n) is 4.78. The molecule has 3 aliphatic rings. The monoisotopic (exact) mass is 378 g/mol. The molecule has 1 aromatic heterocycles. The van der Waals surface area contributed by atoms with Crippen molar-refractivity contribution in [3.63, 3.8) is 0 Å². The first kappa shape index (κ1) is 17.7. The molecule has 0 radical (unpaired) electrons. The van der Waals surface area contributed by atoms with Crippen LogP contribution in [-0.4, -0.2) is 66.0 Å². The van der Waals surface area contributed by atoms with Gasteiger partial charge in [-0.15, -0.1) is 0 Å². The molecule has 8 heteroatoms. The molecule has 4 rings (SSSR count). The van der Waals surface area contributed by atoms with Crippen LogP contribution < -0.4 is 0 Å². The predicted molar refractivity (Wildman–Crippen MR) is 98.1 cm³/mol. The molecule has 0 aromatic carbocycles. The first-order chi connectivity index (χ1) is 12.4. The Labute approximate surface area is 154 Å². The third-order valence-corrected chi connectivity index (χ3v) is 7.63. The topological polar surface area (TPSA) is 86.4 Å². The molecular weight excluding hydrogens is 352 g/mol. The lowest BCUT2D eigenvalue weighted by Crippen LogP contribution is -2.57. The van der Waals surface area contributed by atoms with E-state index in [9.17, 15) is 13.2 Å². The molecule has 0 aliphatic carbocycles. The summed E-state index contributed by atoms with van der Waals surface area (Å²) >= 11 is 0. The molecular formula is C18H26N4O3S. The quantitative estimate of drug-likeness (QED) is 0.850. The molecule has 7 nitrogen and oxygen atoms in total. The van der Waals surface area contributed by atoms with Gasteiger partial charge in [-0.2, -0.15) is 0 Å². The zero-order valence-corrected chi connectivity index (χ0v) is 16.0. The van der Waals surface area contributed by atoms with Gasteiger partial charge in [0.05, 0.1) is 23.3 Å². The molecule has 0 saturated carbocycles. The van der Waals surface area contributed by atoms with Gasteiger partial charge in [0.1, 0.15) is 0 Å². The lowest BCUT2D eigenvalue weighted by molar-refractivity contribution is -0.135. The molecule has 1 fully saturated rings. The first-order valence-corrected chi connectivity index (χ1v) is 11.1. The number of carbonyl (C=O) groups is 1. The number of amides is 1. The van der Waals surface area contributed by atoms with E-state index in [1.54, 1.807) is 12.4 Å². The van der Waals surface area contributed by atoms with E-state index in [2.05, 4.69) is 21.8 Å². The number of piperidine rings is 1. The van der Waals surface area contributed by atoms with Crippen LogP contribution in [0.1, 0.15) is 37.6 Å². The molecule has 1 N–H and O–H groups in total. The van der Waals surface area contributed by atoms with E-state index in [1.165, 1.54) is 11.1 Å². The number of nitrogens with one attached hydrogen (secondary N) is 1. The number of likely N-dealkylation sites (tertiary alicyclic amines) is 1. The summed E-state index contributed by atoms with van der Waals surface area (Å²) in [5.74, 6) is -0.0487. The summed E-state index contributed by atoms with van der Waals surface area (Å²) in [6.45, 7) is 5.58. The average molecular weight is 378 g/mol. The van der Waals surface area contributed by atoms with Crippen LogP contribution in [0.4, 0.5) is 0 Å². The van der Waals surface area contributed by atoms with Crippen molar-refractivity contribution in [2.75, 3.05) is 31.9 Å². The summed E-state index contributed by atoms with van der Waals surface area (Å²) in [4.78, 5) is 25.0. The minimum Gasteiger partial charge on any atom is -0.348 e. The van der Waals surface area contributed by atoms with E-state index >= 15 is 0 Å². The number of allylic oxidation sites excluding steroid dienone is 1. The number of aromatic amines is 1. The molecule has 1 spiro atoms. The van der Waals surface area contributed by atoms with Crippen LogP contribution in [0.25, 0.3) is 0 Å². The number of aromatic nitrogens is 2. The maximum absolute atomic E-state index is 12.6. The van der Waals surface area contributed by atoms with Gasteiger partial charge in [0.15, 0.2) is 9.84 Å². The highest BCUT2D eigenvalue weighted by Crippen LogP contribution is 2.42. The predicted octanol–water partition coefficient (Wildman–Crippen LogP) is 1.05. The summed E-state index contributed by atoms with van der Waals surface area (Å²) in [6, 6.07) is 0. The zero-order valence-electron chi connectivity index (χ0n) is 15.1. The summed E-state index contributed by atoms with van der Waals surface area (Å²) in [5.41, 5.74) is 2.31. The van der Waals surface area contributed by atoms with E-state index in [4.69, 9.17) is 0 Å². The number of sulfone groups is 1. The molecule has 1 aromatic rings. The Bertz CT molecular complexity index is 821. The molecule has 1 unspecified atom stereocenters. The Balaban J connectivity index is 1.44. The van der Waals surface area contributed by atoms with Gasteiger partial charge in [-0.05, 0) is 19.4 Å². The highest BCUT2D eigenvalue weighted by molar-refractivity contribution is 7.94. The van der Waals surface area contributed by atoms with E-state index in [0.717, 1.165) is 38.0 Å². The zero-order chi connectivity index (χ0) is 18.4. The van der Waals surface area contributed by atoms with Crippen molar-refractivity contribution < 1.29 is 13.2 Å². The van der Waals surface area contributed by atoms with Gasteiger partial charge in [-0.3, -0.25) is 9.69 Å². The number of H-pyrrole nitrogens is 1. The van der Waals surface area contributed by atoms with E-state index < -0.39 is 9.84 Å². The number of likely N-dealkylation sites (N-methyl/N-ethyl adjacent to an activating group) is 1. The minimum absolute atomic E-state index is 0.0627. The summed E-state index contributed by atoms with van der Waals surface area (Å²) in [6.07, 6.45) is 6.49. The van der Waals surface area contributed by atoms with Crippen molar-refractivity contribution in [1.82, 2.24) is 19.8 Å². The molecule has 1 amide bonds. The van der Waals surface area contributed by atoms with Crippen LogP contribution in [0.3, 0.4) is 0 Å². The van der Waals surface area contributed by atoms with Crippen LogP contribution in [0.15, 0.2) is 17.8 Å². The lowest BCUT2D eigenvalue weighted by Gasteiger charge is -2.50. The number of rotatable bonds is 3. The Morgan fingerprint density at radius 1 is 1.35 bits per heavy atom. The van der Waals surface area contributed by atoms with Gasteiger partial charge in [-0.1, -0.05) is 13.0 Å². The van der Waals surface area contributed by atoms with Crippen LogP contribution >= 0.6 is 0 Å². The third kappa shape index (κ3) is 2.99. The Hall–Kier alpha value is -1.67. The van der Waals surface area contributed by atoms with Crippen LogP contribution in [0, 0.1) is 5.92 Å². The van der Waals surface area contributed by atoms with E-state index in [0.29, 0.717) is 13.1 Å². The Morgan fingerprint density at radius 2 is 2.12 bits per heavy atom. The van der Waals surface area contributed by atoms with Gasteiger partial charge in [0.2, 0.25) is 5.91 Å². The molecule has 0 bridgehead atoms. The molecule has 1 saturated heterocycles. The summed E-state index contributed by atoms with van der Waals surface area (Å²) in [5, 5.41) is 1.25. The largest absolute Gasteiger partial charge is 0.348 e. The maximum Gasteiger partial charge on any atom is 0.223 e. The molecule has 142 valence electrons. The molecule has 1 atom stereocenters. The normalized spacial score (nSPS) is 27.0. The number of imidazole rings is 1. The number of hydrogen-bond donors (Lipinski definition) is 1. The van der Waals surface area contributed by atoms with Gasteiger partial charge in [-0.25, -0.2) is 13.4 Å². The van der Waals surface area contributed by atoms with Gasteiger partial charge < -0.3 is 9.88 Å². The standard InChI is InChI=1S/C18H26N4O3S/c1-2-22-7-3-15-17(20-13-19-15)18(22)5-8-21(9-6-18)16(23)11-14-4-10-26(24,25)12-14/h4,10,13-14H,2-3,5-9,11-12H2,1H3,(H,19,20). The first-order valence-electron chi connectivity index (χ1n) is 9.40. The van der Waals surface area contributed by atoms with Crippen molar-refractivity contribution in [1.29, 1.82) is 0 Å². The highest BCUT2D eigenvalue weighted by atomic mass is 32.2. The van der Waals surface area contributed by atoms with Crippen molar-refractivity contribution in [2.24, 2.45) is 5.92 Å². The van der Waals surface area contributed by atoms with Crippen LogP contribution in [0.5, 0.6) is 0 Å². The van der Waals surface area contributed by atoms with E-state index in [-0.39, 0.29) is 29.5 Å². The molecule has 26 heavy (non-hydrogen) atoms. The Morgan fingerprint density at radius 3 is 2.77 bits per heavy atom. The molecule has 4 heterocycles. The van der Waals surface area contributed by atoms with Crippen molar-refractivity contribution in [3.8, 4) is 0 Å². The second kappa shape index (κ2) is 6.49. The smallest absolute Gasteiger partial charge is 0.223 e. The number of carbonyl (C=O) groups excluding carboxylic acids is 1.